The quantitative estimate of drug-likeness (QED) is 0.495. The van der Waals surface area contributed by atoms with E-state index >= 15 is 0 Å². The van der Waals surface area contributed by atoms with Gasteiger partial charge in [0.05, 0.1) is 6.54 Å². The predicted octanol–water partition coefficient (Wildman–Crippen LogP) is 4.95. The maximum absolute atomic E-state index is 12.9. The minimum Gasteiger partial charge on any atom is -0.332 e. The van der Waals surface area contributed by atoms with Crippen LogP contribution in [0.15, 0.2) is 48.7 Å². The number of fused-ring (bicyclic) bond motifs is 1. The molecule has 6 heteroatoms. The van der Waals surface area contributed by atoms with Crippen LogP contribution in [-0.4, -0.2) is 31.9 Å². The summed E-state index contributed by atoms with van der Waals surface area (Å²) in [6.45, 7) is 4.15. The lowest BCUT2D eigenvalue weighted by Gasteiger charge is -2.21. The Morgan fingerprint density at radius 1 is 1.28 bits per heavy atom. The van der Waals surface area contributed by atoms with E-state index in [1.807, 2.05) is 41.3 Å². The average molecular weight is 409 g/mol. The normalized spacial score (nSPS) is 14.0. The largest absolute Gasteiger partial charge is 0.332 e. The average Bonchev–Trinajstić information content (AvgIpc) is 3.48. The van der Waals surface area contributed by atoms with Crippen LogP contribution in [0.1, 0.15) is 37.6 Å². The molecule has 29 heavy (non-hydrogen) atoms. The van der Waals surface area contributed by atoms with E-state index in [-0.39, 0.29) is 5.91 Å². The fourth-order valence-corrected chi connectivity index (χ4v) is 3.66. The van der Waals surface area contributed by atoms with E-state index in [0.29, 0.717) is 24.0 Å². The zero-order valence-electron chi connectivity index (χ0n) is 16.6. The van der Waals surface area contributed by atoms with Gasteiger partial charge in [0, 0.05) is 30.4 Å². The number of halogens is 1. The Balaban J connectivity index is 1.58. The van der Waals surface area contributed by atoms with Gasteiger partial charge in [0.25, 0.3) is 0 Å². The number of hydrogen-bond donors (Lipinski definition) is 0. The molecule has 2 heterocycles. The molecular formula is C23H25ClN4O. The van der Waals surface area contributed by atoms with Crippen LogP contribution in [-0.2, 0) is 17.9 Å². The molecule has 0 radical (unpaired) electrons. The number of hydrogen-bond acceptors (Lipinski definition) is 3. The van der Waals surface area contributed by atoms with Crippen molar-refractivity contribution in [1.82, 2.24) is 19.4 Å². The molecule has 1 saturated carbocycles. The SMILES string of the molecule is CCCN(Cc1nc2cccnc2n1CC1CC1)C(=O)/C=C/c1ccccc1Cl. The van der Waals surface area contributed by atoms with Crippen LogP contribution in [0.25, 0.3) is 17.2 Å². The summed E-state index contributed by atoms with van der Waals surface area (Å²) in [5.41, 5.74) is 2.63. The molecule has 150 valence electrons. The predicted molar refractivity (Wildman–Crippen MR) is 116 cm³/mol. The molecule has 1 fully saturated rings. The monoisotopic (exact) mass is 408 g/mol. The first kappa shape index (κ1) is 19.6. The van der Waals surface area contributed by atoms with Crippen molar-refractivity contribution in [2.24, 2.45) is 5.92 Å². The molecule has 2 aromatic heterocycles. The van der Waals surface area contributed by atoms with Gasteiger partial charge in [0.2, 0.25) is 5.91 Å². The number of benzene rings is 1. The molecule has 0 unspecified atom stereocenters. The third-order valence-electron chi connectivity index (χ3n) is 5.17. The standard InChI is InChI=1S/C23H25ClN4O/c1-2-14-27(22(29)12-11-18-6-3-4-7-19(18)24)16-21-26-20-8-5-13-25-23(20)28(21)15-17-9-10-17/h3-8,11-13,17H,2,9-10,14-16H2,1H3/b12-11+. The van der Waals surface area contributed by atoms with E-state index < -0.39 is 0 Å². The number of pyridine rings is 1. The molecule has 1 aromatic carbocycles. The van der Waals surface area contributed by atoms with E-state index in [2.05, 4.69) is 16.5 Å². The minimum absolute atomic E-state index is 0.0373. The van der Waals surface area contributed by atoms with Gasteiger partial charge in [0.1, 0.15) is 11.3 Å². The molecule has 0 aliphatic heterocycles. The number of rotatable bonds is 8. The van der Waals surface area contributed by atoms with Crippen molar-refractivity contribution in [3.8, 4) is 0 Å². The topological polar surface area (TPSA) is 51.0 Å². The lowest BCUT2D eigenvalue weighted by molar-refractivity contribution is -0.126. The molecule has 0 saturated heterocycles. The Hall–Kier alpha value is -2.66. The lowest BCUT2D eigenvalue weighted by atomic mass is 10.2. The van der Waals surface area contributed by atoms with Crippen LogP contribution >= 0.6 is 11.6 Å². The highest BCUT2D eigenvalue weighted by Gasteiger charge is 2.25. The summed E-state index contributed by atoms with van der Waals surface area (Å²) >= 11 is 6.20. The van der Waals surface area contributed by atoms with Gasteiger partial charge in [0.15, 0.2) is 5.65 Å². The van der Waals surface area contributed by atoms with Gasteiger partial charge >= 0.3 is 0 Å². The smallest absolute Gasteiger partial charge is 0.246 e. The fourth-order valence-electron chi connectivity index (χ4n) is 3.46. The summed E-state index contributed by atoms with van der Waals surface area (Å²) < 4.78 is 2.20. The molecule has 0 spiro atoms. The van der Waals surface area contributed by atoms with Crippen molar-refractivity contribution < 1.29 is 4.79 Å². The maximum atomic E-state index is 12.9. The van der Waals surface area contributed by atoms with Gasteiger partial charge in [-0.1, -0.05) is 36.7 Å². The van der Waals surface area contributed by atoms with Crippen molar-refractivity contribution in [2.45, 2.75) is 39.3 Å². The second-order valence-electron chi connectivity index (χ2n) is 7.54. The molecule has 3 aromatic rings. The van der Waals surface area contributed by atoms with Gasteiger partial charge in [-0.25, -0.2) is 9.97 Å². The Labute approximate surface area is 176 Å². The molecule has 1 aliphatic rings. The van der Waals surface area contributed by atoms with E-state index in [4.69, 9.17) is 16.6 Å². The molecule has 1 aliphatic carbocycles. The van der Waals surface area contributed by atoms with E-state index in [1.54, 1.807) is 18.3 Å². The summed E-state index contributed by atoms with van der Waals surface area (Å²) in [4.78, 5) is 24.1. The van der Waals surface area contributed by atoms with Gasteiger partial charge < -0.3 is 9.47 Å². The van der Waals surface area contributed by atoms with Gasteiger partial charge in [-0.2, -0.15) is 0 Å². The second kappa shape index (κ2) is 8.78. The Bertz CT molecular complexity index is 1040. The van der Waals surface area contributed by atoms with Crippen LogP contribution < -0.4 is 0 Å². The van der Waals surface area contributed by atoms with E-state index in [1.165, 1.54) is 12.8 Å². The highest BCUT2D eigenvalue weighted by atomic mass is 35.5. The van der Waals surface area contributed by atoms with E-state index in [0.717, 1.165) is 35.5 Å². The molecule has 1 amide bonds. The van der Waals surface area contributed by atoms with Gasteiger partial charge in [-0.3, -0.25) is 4.79 Å². The number of carbonyl (C=O) groups excluding carboxylic acids is 1. The molecule has 4 rings (SSSR count). The molecule has 0 atom stereocenters. The van der Waals surface area contributed by atoms with Crippen LogP contribution in [0, 0.1) is 5.92 Å². The molecule has 0 N–H and O–H groups in total. The zero-order chi connectivity index (χ0) is 20.2. The van der Waals surface area contributed by atoms with Crippen molar-refractivity contribution in [3.63, 3.8) is 0 Å². The molecular weight excluding hydrogens is 384 g/mol. The summed E-state index contributed by atoms with van der Waals surface area (Å²) in [6, 6.07) is 11.4. The first-order valence-electron chi connectivity index (χ1n) is 10.2. The number of nitrogens with zero attached hydrogens (tertiary/aromatic N) is 4. The van der Waals surface area contributed by atoms with Crippen LogP contribution in [0.2, 0.25) is 5.02 Å². The summed E-state index contributed by atoms with van der Waals surface area (Å²) in [5.74, 6) is 1.56. The number of aromatic nitrogens is 3. The van der Waals surface area contributed by atoms with Crippen LogP contribution in [0.4, 0.5) is 0 Å². The summed E-state index contributed by atoms with van der Waals surface area (Å²) in [5, 5.41) is 0.635. The number of carbonyl (C=O) groups is 1. The fraction of sp³-hybridized carbons (Fsp3) is 0.348. The summed E-state index contributed by atoms with van der Waals surface area (Å²) in [6.07, 6.45) is 8.57. The second-order valence-corrected chi connectivity index (χ2v) is 7.95. The highest BCUT2D eigenvalue weighted by molar-refractivity contribution is 6.32. The first-order valence-corrected chi connectivity index (χ1v) is 10.5. The van der Waals surface area contributed by atoms with Crippen molar-refractivity contribution in [2.75, 3.05) is 6.54 Å². The maximum Gasteiger partial charge on any atom is 0.246 e. The van der Waals surface area contributed by atoms with Crippen LogP contribution in [0.3, 0.4) is 0 Å². The zero-order valence-corrected chi connectivity index (χ0v) is 17.3. The van der Waals surface area contributed by atoms with Gasteiger partial charge in [-0.05, 0) is 55.0 Å². The van der Waals surface area contributed by atoms with Gasteiger partial charge in [-0.15, -0.1) is 0 Å². The van der Waals surface area contributed by atoms with Crippen LogP contribution in [0.5, 0.6) is 0 Å². The first-order chi connectivity index (χ1) is 14.2. The Morgan fingerprint density at radius 3 is 2.86 bits per heavy atom. The number of imidazole rings is 1. The van der Waals surface area contributed by atoms with Crippen molar-refractivity contribution >= 4 is 34.7 Å². The third-order valence-corrected chi connectivity index (χ3v) is 5.51. The van der Waals surface area contributed by atoms with E-state index in [9.17, 15) is 4.79 Å². The molecule has 0 bridgehead atoms. The summed E-state index contributed by atoms with van der Waals surface area (Å²) in [7, 11) is 0. The van der Waals surface area contributed by atoms with Crippen molar-refractivity contribution in [1.29, 1.82) is 0 Å². The third kappa shape index (κ3) is 4.67. The Morgan fingerprint density at radius 2 is 2.10 bits per heavy atom. The molecule has 5 nitrogen and oxygen atoms in total. The highest BCUT2D eigenvalue weighted by Crippen LogP contribution is 2.32. The Kier molecular flexibility index (Phi) is 5.95. The lowest BCUT2D eigenvalue weighted by Crippen LogP contribution is -2.31. The van der Waals surface area contributed by atoms with Crippen molar-refractivity contribution in [3.05, 3.63) is 65.1 Å². The minimum atomic E-state index is -0.0373. The number of amides is 1.